The van der Waals surface area contributed by atoms with Crippen molar-refractivity contribution in [3.05, 3.63) is 69.5 Å². The molecule has 150 valence electrons. The number of nitriles is 1. The van der Waals surface area contributed by atoms with Crippen LogP contribution in [0.5, 0.6) is 11.5 Å². The van der Waals surface area contributed by atoms with E-state index in [0.29, 0.717) is 22.4 Å². The zero-order chi connectivity index (χ0) is 21.4. The molecule has 9 nitrogen and oxygen atoms in total. The van der Waals surface area contributed by atoms with Gasteiger partial charge in [0, 0.05) is 5.39 Å². The van der Waals surface area contributed by atoms with Crippen LogP contribution in [0.15, 0.2) is 47.3 Å². The van der Waals surface area contributed by atoms with Crippen LogP contribution >= 0.6 is 0 Å². The number of carboxylic acid groups (broad SMARTS) is 1. The summed E-state index contributed by atoms with van der Waals surface area (Å²) in [5, 5.41) is 32.6. The number of nitrogens with one attached hydrogen (secondary N) is 1. The molecule has 30 heavy (non-hydrogen) atoms. The Kier molecular flexibility index (Phi) is 4.60. The van der Waals surface area contributed by atoms with E-state index in [9.17, 15) is 24.6 Å². The molecule has 1 aliphatic heterocycles. The number of amides is 1. The predicted molar refractivity (Wildman–Crippen MR) is 102 cm³/mol. The van der Waals surface area contributed by atoms with Crippen LogP contribution in [0.1, 0.15) is 27.5 Å². The van der Waals surface area contributed by atoms with Crippen molar-refractivity contribution in [2.24, 2.45) is 0 Å². The van der Waals surface area contributed by atoms with Gasteiger partial charge >= 0.3 is 0 Å². The molecule has 0 radical (unpaired) electrons. The Labute approximate surface area is 169 Å². The maximum absolute atomic E-state index is 13.3. The maximum Gasteiger partial charge on any atom is 0.268 e. The first kappa shape index (κ1) is 19.0. The highest BCUT2D eigenvalue weighted by atomic mass is 16.5. The van der Waals surface area contributed by atoms with Crippen molar-refractivity contribution in [1.29, 1.82) is 5.26 Å². The van der Waals surface area contributed by atoms with E-state index in [2.05, 4.69) is 5.32 Å². The second-order valence-electron chi connectivity index (χ2n) is 6.67. The van der Waals surface area contributed by atoms with E-state index in [1.54, 1.807) is 36.4 Å². The van der Waals surface area contributed by atoms with Crippen molar-refractivity contribution in [3.8, 4) is 17.6 Å². The minimum atomic E-state index is -1.53. The molecule has 2 heterocycles. The molecule has 1 aliphatic rings. The topological polar surface area (TPSA) is 144 Å². The number of para-hydroxylation sites is 1. The van der Waals surface area contributed by atoms with Gasteiger partial charge in [0.05, 0.1) is 35.7 Å². The summed E-state index contributed by atoms with van der Waals surface area (Å²) in [7, 11) is 0. The molecule has 4 rings (SSSR count). The molecule has 1 amide bonds. The van der Waals surface area contributed by atoms with E-state index in [0.717, 1.165) is 0 Å². The highest BCUT2D eigenvalue weighted by Crippen LogP contribution is 2.38. The lowest BCUT2D eigenvalue weighted by molar-refractivity contribution is -0.303. The summed E-state index contributed by atoms with van der Waals surface area (Å²) in [4.78, 5) is 36.4. The molecule has 0 aliphatic carbocycles. The molecule has 3 aromatic rings. The van der Waals surface area contributed by atoms with Gasteiger partial charge in [-0.2, -0.15) is 5.26 Å². The normalized spacial score (nSPS) is 14.6. The van der Waals surface area contributed by atoms with E-state index in [1.807, 2.05) is 6.07 Å². The smallest absolute Gasteiger partial charge is 0.268 e. The number of carboxylic acids is 1. The lowest BCUT2D eigenvalue weighted by Crippen LogP contribution is -2.42. The Hall–Kier alpha value is -4.32. The first-order valence-electron chi connectivity index (χ1n) is 8.93. The van der Waals surface area contributed by atoms with Gasteiger partial charge in [0.1, 0.15) is 23.7 Å². The van der Waals surface area contributed by atoms with E-state index in [1.165, 1.54) is 10.6 Å². The first-order chi connectivity index (χ1) is 14.4. The molecule has 0 spiro atoms. The van der Waals surface area contributed by atoms with Gasteiger partial charge in [-0.3, -0.25) is 14.2 Å². The number of carbonyl (C=O) groups excluding carboxylic acids is 2. The number of nitrogens with zero attached hydrogens (tertiary/aromatic N) is 2. The Morgan fingerprint density at radius 3 is 2.67 bits per heavy atom. The zero-order valence-corrected chi connectivity index (χ0v) is 15.4. The van der Waals surface area contributed by atoms with Crippen molar-refractivity contribution < 1.29 is 24.5 Å². The third-order valence-corrected chi connectivity index (χ3v) is 4.92. The highest BCUT2D eigenvalue weighted by Gasteiger charge is 2.31. The van der Waals surface area contributed by atoms with Crippen molar-refractivity contribution in [3.63, 3.8) is 0 Å². The average Bonchev–Trinajstić information content (AvgIpc) is 2.75. The van der Waals surface area contributed by atoms with Crippen LogP contribution in [0.3, 0.4) is 0 Å². The lowest BCUT2D eigenvalue weighted by Gasteiger charge is -2.29. The number of benzene rings is 2. The molecule has 1 unspecified atom stereocenters. The standard InChI is InChI=1S/C21H15N3O6/c22-8-11-4-6-12(7-5-11)14-10-30-15-3-1-2-13-18(15)24(14)21(29)17(19(13)27)20(28)23-9-16(25)26/h1-7,14,27H,9-10H2,(H,23,28)(H,25,26)/p-1. The fourth-order valence-electron chi connectivity index (χ4n) is 3.55. The Morgan fingerprint density at radius 2 is 2.00 bits per heavy atom. The van der Waals surface area contributed by atoms with Gasteiger partial charge in [0.25, 0.3) is 11.5 Å². The summed E-state index contributed by atoms with van der Waals surface area (Å²) in [6, 6.07) is 12.7. The average molecular weight is 404 g/mol. The molecular formula is C21H14N3O6-. The molecule has 9 heteroatoms. The number of carbonyl (C=O) groups is 2. The molecule has 0 saturated heterocycles. The number of rotatable bonds is 4. The summed E-state index contributed by atoms with van der Waals surface area (Å²) >= 11 is 0. The molecule has 0 saturated carbocycles. The van der Waals surface area contributed by atoms with Crippen LogP contribution in [0, 0.1) is 11.3 Å². The largest absolute Gasteiger partial charge is 0.548 e. The number of pyridine rings is 1. The number of aromatic nitrogens is 1. The highest BCUT2D eigenvalue weighted by molar-refractivity contribution is 6.04. The van der Waals surface area contributed by atoms with Gasteiger partial charge < -0.3 is 25.1 Å². The molecule has 1 aromatic heterocycles. The van der Waals surface area contributed by atoms with Gasteiger partial charge in [-0.1, -0.05) is 18.2 Å². The number of hydrogen-bond acceptors (Lipinski definition) is 7. The molecule has 2 aromatic carbocycles. The summed E-state index contributed by atoms with van der Waals surface area (Å²) < 4.78 is 7.14. The quantitative estimate of drug-likeness (QED) is 0.624. The molecule has 1 atom stereocenters. The Balaban J connectivity index is 1.95. The van der Waals surface area contributed by atoms with E-state index < -0.39 is 41.3 Å². The minimum absolute atomic E-state index is 0.0861. The van der Waals surface area contributed by atoms with Gasteiger partial charge in [0.15, 0.2) is 0 Å². The van der Waals surface area contributed by atoms with Crippen molar-refractivity contribution in [1.82, 2.24) is 9.88 Å². The Bertz CT molecular complexity index is 1290. The van der Waals surface area contributed by atoms with Crippen LogP contribution in [-0.4, -0.2) is 34.7 Å². The summed E-state index contributed by atoms with van der Waals surface area (Å²) in [6.07, 6.45) is 0. The molecule has 0 fully saturated rings. The maximum atomic E-state index is 13.3. The second-order valence-corrected chi connectivity index (χ2v) is 6.67. The number of aliphatic carboxylic acids is 1. The number of hydrogen-bond donors (Lipinski definition) is 2. The van der Waals surface area contributed by atoms with Crippen LogP contribution < -0.4 is 20.7 Å². The Morgan fingerprint density at radius 1 is 1.27 bits per heavy atom. The van der Waals surface area contributed by atoms with Crippen molar-refractivity contribution in [2.75, 3.05) is 13.2 Å². The summed E-state index contributed by atoms with van der Waals surface area (Å²) in [5.74, 6) is -2.75. The second kappa shape index (κ2) is 7.25. The van der Waals surface area contributed by atoms with Crippen LogP contribution in [-0.2, 0) is 4.79 Å². The van der Waals surface area contributed by atoms with Gasteiger partial charge in [-0.05, 0) is 29.8 Å². The van der Waals surface area contributed by atoms with E-state index in [4.69, 9.17) is 10.00 Å². The van der Waals surface area contributed by atoms with E-state index in [-0.39, 0.29) is 12.0 Å². The lowest BCUT2D eigenvalue weighted by atomic mass is 10.0. The third-order valence-electron chi connectivity index (χ3n) is 4.92. The van der Waals surface area contributed by atoms with Crippen molar-refractivity contribution >= 4 is 22.8 Å². The summed E-state index contributed by atoms with van der Waals surface area (Å²) in [5.41, 5.74) is 0.0691. The van der Waals surface area contributed by atoms with Gasteiger partial charge in [0.2, 0.25) is 0 Å². The van der Waals surface area contributed by atoms with Crippen LogP contribution in [0.25, 0.3) is 10.9 Å². The number of ether oxygens (including phenoxy) is 1. The fraction of sp³-hybridized carbons (Fsp3) is 0.143. The molecule has 0 bridgehead atoms. The monoisotopic (exact) mass is 404 g/mol. The van der Waals surface area contributed by atoms with Crippen molar-refractivity contribution in [2.45, 2.75) is 6.04 Å². The molecular weight excluding hydrogens is 390 g/mol. The van der Waals surface area contributed by atoms with Crippen LogP contribution in [0.2, 0.25) is 0 Å². The van der Waals surface area contributed by atoms with E-state index >= 15 is 0 Å². The number of aromatic hydroxyl groups is 1. The fourth-order valence-corrected chi connectivity index (χ4v) is 3.55. The molecule has 2 N–H and O–H groups in total. The third kappa shape index (κ3) is 3.00. The van der Waals surface area contributed by atoms with Crippen LogP contribution in [0.4, 0.5) is 0 Å². The predicted octanol–water partition coefficient (Wildman–Crippen LogP) is 0.0403. The zero-order valence-electron chi connectivity index (χ0n) is 15.4. The van der Waals surface area contributed by atoms with Gasteiger partial charge in [-0.15, -0.1) is 0 Å². The minimum Gasteiger partial charge on any atom is -0.548 e. The SMILES string of the molecule is N#Cc1ccc(C2COc3cccc4c(O)c(C(=O)NCC(=O)[O-])c(=O)n2c34)cc1. The first-order valence-corrected chi connectivity index (χ1v) is 8.93. The summed E-state index contributed by atoms with van der Waals surface area (Å²) in [6.45, 7) is -0.721. The van der Waals surface area contributed by atoms with Gasteiger partial charge in [-0.25, -0.2) is 0 Å².